The second-order valence-corrected chi connectivity index (χ2v) is 3.98. The Kier molecular flexibility index (Phi) is 5.43. The maximum absolute atomic E-state index is 2.29. The van der Waals surface area contributed by atoms with Crippen molar-refractivity contribution >= 4 is 12.7 Å². The summed E-state index contributed by atoms with van der Waals surface area (Å²) in [5.74, 6) is 0. The van der Waals surface area contributed by atoms with Crippen LogP contribution in [0.1, 0.15) is 38.7 Å². The zero-order valence-corrected chi connectivity index (χ0v) is 9.55. The zero-order chi connectivity index (χ0) is 10.2. The van der Waals surface area contributed by atoms with E-state index in [1.165, 1.54) is 39.3 Å². The van der Waals surface area contributed by atoms with Crippen LogP contribution in [0.2, 0.25) is 6.32 Å². The first-order valence-corrected chi connectivity index (χ1v) is 5.95. The van der Waals surface area contributed by atoms with Crippen molar-refractivity contribution in [1.29, 1.82) is 0 Å². The molecular weight excluding hydrogens is 167 g/mol. The van der Waals surface area contributed by atoms with Gasteiger partial charge in [0.1, 0.15) is 0 Å². The molecule has 0 spiro atoms. The quantitative estimate of drug-likeness (QED) is 0.602. The maximum atomic E-state index is 2.29. The normalized spacial score (nSPS) is 10.1. The monoisotopic (exact) mass is 188 g/mol. The van der Waals surface area contributed by atoms with Crippen LogP contribution >= 0.6 is 0 Å². The van der Waals surface area contributed by atoms with Gasteiger partial charge in [0.05, 0.1) is 0 Å². The van der Waals surface area contributed by atoms with Gasteiger partial charge < -0.3 is 0 Å². The molecule has 76 valence electrons. The van der Waals surface area contributed by atoms with Gasteiger partial charge in [0, 0.05) is 0 Å². The SMILES string of the molecule is CCCBc1ccccc1CCCC. The summed E-state index contributed by atoms with van der Waals surface area (Å²) in [6.45, 7) is 4.52. The average molecular weight is 188 g/mol. The van der Waals surface area contributed by atoms with Crippen molar-refractivity contribution in [2.45, 2.75) is 45.9 Å². The number of rotatable bonds is 6. The molecule has 0 aliphatic heterocycles. The molecule has 1 heteroatoms. The Balaban J connectivity index is 2.60. The van der Waals surface area contributed by atoms with Gasteiger partial charge in [-0.2, -0.15) is 0 Å². The minimum atomic E-state index is 1.26. The number of hydrogen-bond acceptors (Lipinski definition) is 0. The lowest BCUT2D eigenvalue weighted by atomic mass is 9.64. The van der Waals surface area contributed by atoms with E-state index >= 15 is 0 Å². The van der Waals surface area contributed by atoms with E-state index in [0.29, 0.717) is 0 Å². The number of hydrogen-bond donors (Lipinski definition) is 0. The molecule has 0 radical (unpaired) electrons. The highest BCUT2D eigenvalue weighted by Gasteiger charge is 2.01. The molecule has 0 saturated carbocycles. The number of unbranched alkanes of at least 4 members (excludes halogenated alkanes) is 1. The fraction of sp³-hybridized carbons (Fsp3) is 0.538. The lowest BCUT2D eigenvalue weighted by Gasteiger charge is -2.07. The van der Waals surface area contributed by atoms with Crippen LogP contribution in [0, 0.1) is 0 Å². The van der Waals surface area contributed by atoms with E-state index in [0.717, 1.165) is 0 Å². The third kappa shape index (κ3) is 3.57. The molecule has 0 aliphatic carbocycles. The lowest BCUT2D eigenvalue weighted by Crippen LogP contribution is -2.18. The molecule has 0 saturated heterocycles. The zero-order valence-electron chi connectivity index (χ0n) is 9.55. The van der Waals surface area contributed by atoms with Gasteiger partial charge in [0.15, 0.2) is 7.28 Å². The summed E-state index contributed by atoms with van der Waals surface area (Å²) in [6.07, 6.45) is 6.49. The predicted octanol–water partition coefficient (Wildman–Crippen LogP) is 2.92. The largest absolute Gasteiger partial charge is 0.158 e. The molecule has 0 heterocycles. The molecule has 1 aromatic carbocycles. The first-order valence-electron chi connectivity index (χ1n) is 5.95. The van der Waals surface area contributed by atoms with E-state index in [4.69, 9.17) is 0 Å². The highest BCUT2D eigenvalue weighted by atomic mass is 14.0. The van der Waals surface area contributed by atoms with Gasteiger partial charge in [0.2, 0.25) is 0 Å². The van der Waals surface area contributed by atoms with Crippen molar-refractivity contribution < 1.29 is 0 Å². The topological polar surface area (TPSA) is 0 Å². The third-order valence-corrected chi connectivity index (χ3v) is 2.72. The number of benzene rings is 1. The molecule has 0 unspecified atom stereocenters. The highest BCUT2D eigenvalue weighted by Crippen LogP contribution is 2.03. The van der Waals surface area contributed by atoms with Gasteiger partial charge >= 0.3 is 0 Å². The van der Waals surface area contributed by atoms with Crippen LogP contribution < -0.4 is 5.46 Å². The van der Waals surface area contributed by atoms with Crippen LogP contribution in [0.3, 0.4) is 0 Å². The van der Waals surface area contributed by atoms with Crippen LogP contribution in [0.25, 0.3) is 0 Å². The summed E-state index contributed by atoms with van der Waals surface area (Å²) in [5, 5.41) is 0. The standard InChI is InChI=1S/C13H21B/c1-3-5-8-12-9-6-7-10-13(12)14-11-4-2/h6-7,9-10,14H,3-5,8,11H2,1-2H3. The minimum Gasteiger partial charge on any atom is -0.0814 e. The van der Waals surface area contributed by atoms with Crippen LogP contribution in [0.15, 0.2) is 24.3 Å². The molecule has 0 aliphatic rings. The summed E-state index contributed by atoms with van der Waals surface area (Å²) in [6, 6.07) is 8.92. The van der Waals surface area contributed by atoms with Gasteiger partial charge in [0.25, 0.3) is 0 Å². The summed E-state index contributed by atoms with van der Waals surface area (Å²) < 4.78 is 0. The predicted molar refractivity (Wildman–Crippen MR) is 66.9 cm³/mol. The molecule has 1 rings (SSSR count). The Morgan fingerprint density at radius 2 is 1.86 bits per heavy atom. The van der Waals surface area contributed by atoms with Gasteiger partial charge in [-0.05, 0) is 12.8 Å². The minimum absolute atomic E-state index is 1.26. The third-order valence-electron chi connectivity index (χ3n) is 2.72. The van der Waals surface area contributed by atoms with Gasteiger partial charge in [-0.25, -0.2) is 0 Å². The van der Waals surface area contributed by atoms with Crippen molar-refractivity contribution in [2.24, 2.45) is 0 Å². The van der Waals surface area contributed by atoms with Crippen LogP contribution in [0.4, 0.5) is 0 Å². The van der Waals surface area contributed by atoms with E-state index < -0.39 is 0 Å². The molecule has 0 fully saturated rings. The molecular formula is C13H21B. The Hall–Kier alpha value is -0.715. The second kappa shape index (κ2) is 6.70. The Morgan fingerprint density at radius 1 is 1.07 bits per heavy atom. The van der Waals surface area contributed by atoms with Crippen molar-refractivity contribution in [3.8, 4) is 0 Å². The molecule has 0 N–H and O–H groups in total. The summed E-state index contributed by atoms with van der Waals surface area (Å²) in [5.41, 5.74) is 3.14. The molecule has 0 amide bonds. The summed E-state index contributed by atoms with van der Waals surface area (Å²) >= 11 is 0. The summed E-state index contributed by atoms with van der Waals surface area (Å²) in [7, 11) is 1.26. The molecule has 0 aromatic heterocycles. The molecule has 0 nitrogen and oxygen atoms in total. The van der Waals surface area contributed by atoms with Crippen molar-refractivity contribution in [1.82, 2.24) is 0 Å². The molecule has 1 aromatic rings. The number of aryl methyl sites for hydroxylation is 1. The second-order valence-electron chi connectivity index (χ2n) is 3.98. The fourth-order valence-electron chi connectivity index (χ4n) is 1.78. The highest BCUT2D eigenvalue weighted by molar-refractivity contribution is 6.53. The average Bonchev–Trinajstić information content (AvgIpc) is 2.24. The Morgan fingerprint density at radius 3 is 2.57 bits per heavy atom. The summed E-state index contributed by atoms with van der Waals surface area (Å²) in [4.78, 5) is 0. The molecule has 0 bridgehead atoms. The van der Waals surface area contributed by atoms with E-state index in [1.54, 1.807) is 11.0 Å². The smallest absolute Gasteiger partial charge is 0.0814 e. The Bertz CT molecular complexity index is 228. The van der Waals surface area contributed by atoms with Gasteiger partial charge in [-0.3, -0.25) is 0 Å². The lowest BCUT2D eigenvalue weighted by molar-refractivity contribution is 0.797. The van der Waals surface area contributed by atoms with E-state index in [2.05, 4.69) is 38.1 Å². The van der Waals surface area contributed by atoms with Crippen LogP contribution in [-0.2, 0) is 6.42 Å². The maximum Gasteiger partial charge on any atom is 0.158 e. The van der Waals surface area contributed by atoms with Crippen molar-refractivity contribution in [3.05, 3.63) is 29.8 Å². The van der Waals surface area contributed by atoms with Crippen LogP contribution in [-0.4, -0.2) is 7.28 Å². The van der Waals surface area contributed by atoms with Gasteiger partial charge in [-0.1, -0.05) is 68.3 Å². The fourth-order valence-corrected chi connectivity index (χ4v) is 1.78. The van der Waals surface area contributed by atoms with E-state index in [1.807, 2.05) is 0 Å². The Labute approximate surface area is 89.0 Å². The first kappa shape index (κ1) is 11.4. The van der Waals surface area contributed by atoms with Crippen molar-refractivity contribution in [3.63, 3.8) is 0 Å². The first-order chi connectivity index (χ1) is 6.88. The van der Waals surface area contributed by atoms with E-state index in [9.17, 15) is 0 Å². The van der Waals surface area contributed by atoms with Crippen LogP contribution in [0.5, 0.6) is 0 Å². The van der Waals surface area contributed by atoms with Crippen molar-refractivity contribution in [2.75, 3.05) is 0 Å². The molecule has 14 heavy (non-hydrogen) atoms. The van der Waals surface area contributed by atoms with E-state index in [-0.39, 0.29) is 0 Å². The molecule has 0 atom stereocenters. The van der Waals surface area contributed by atoms with Gasteiger partial charge in [-0.15, -0.1) is 0 Å².